The monoisotopic (exact) mass is 288 g/mol. The highest BCUT2D eigenvalue weighted by Gasteiger charge is 2.31. The van der Waals surface area contributed by atoms with Gasteiger partial charge in [0, 0.05) is 24.1 Å². The Hall–Kier alpha value is -0.920. The number of anilines is 1. The van der Waals surface area contributed by atoms with Crippen LogP contribution >= 0.6 is 11.8 Å². The number of benzene rings is 1. The summed E-state index contributed by atoms with van der Waals surface area (Å²) in [4.78, 5) is 0.136. The molecule has 1 atom stereocenters. The van der Waals surface area contributed by atoms with Gasteiger partial charge in [-0.3, -0.25) is 0 Å². The quantitative estimate of drug-likeness (QED) is 0.629. The van der Waals surface area contributed by atoms with Crippen LogP contribution in [0.3, 0.4) is 0 Å². The number of hydrogen-bond donors (Lipinski definition) is 2. The second-order valence-corrected chi connectivity index (χ2v) is 7.30. The standard InChI is InChI=1S/C11H16N2O3S2/c1-8-7-17-5-4-13(8)18(15,16)9-2-3-11(14)10(12)6-9/h2-3,6,8,14H,4-5,7,12H2,1H3. The normalized spacial score (nSPS) is 21.9. The summed E-state index contributed by atoms with van der Waals surface area (Å²) in [6, 6.07) is 3.98. The highest BCUT2D eigenvalue weighted by molar-refractivity contribution is 7.99. The molecule has 1 aromatic carbocycles. The SMILES string of the molecule is CC1CSCCN1S(=O)(=O)c1ccc(O)c(N)c1. The molecule has 1 unspecified atom stereocenters. The van der Waals surface area contributed by atoms with E-state index in [2.05, 4.69) is 0 Å². The Bertz CT molecular complexity index is 545. The fourth-order valence-corrected chi connectivity index (χ4v) is 4.79. The molecule has 1 fully saturated rings. The van der Waals surface area contributed by atoms with Gasteiger partial charge in [0.1, 0.15) is 5.75 Å². The minimum Gasteiger partial charge on any atom is -0.506 e. The summed E-state index contributed by atoms with van der Waals surface area (Å²) >= 11 is 1.75. The van der Waals surface area contributed by atoms with Crippen molar-refractivity contribution in [3.63, 3.8) is 0 Å². The number of aromatic hydroxyl groups is 1. The number of phenols is 1. The number of phenolic OH excluding ortho intramolecular Hbond substituents is 1. The first-order valence-corrected chi connectivity index (χ1v) is 8.20. The van der Waals surface area contributed by atoms with Gasteiger partial charge in [-0.2, -0.15) is 16.1 Å². The van der Waals surface area contributed by atoms with Gasteiger partial charge in [-0.1, -0.05) is 0 Å². The molecule has 1 aromatic rings. The van der Waals surface area contributed by atoms with Gasteiger partial charge in [-0.05, 0) is 25.1 Å². The zero-order valence-corrected chi connectivity index (χ0v) is 11.7. The molecular weight excluding hydrogens is 272 g/mol. The molecule has 0 aliphatic carbocycles. The van der Waals surface area contributed by atoms with Crippen molar-refractivity contribution in [3.05, 3.63) is 18.2 Å². The molecule has 0 amide bonds. The molecule has 5 nitrogen and oxygen atoms in total. The van der Waals surface area contributed by atoms with Crippen LogP contribution in [0.25, 0.3) is 0 Å². The third-order valence-corrected chi connectivity index (χ3v) is 6.11. The number of nitrogen functional groups attached to an aromatic ring is 1. The average molecular weight is 288 g/mol. The second-order valence-electron chi connectivity index (χ2n) is 4.26. The van der Waals surface area contributed by atoms with Gasteiger partial charge < -0.3 is 10.8 Å². The van der Waals surface area contributed by atoms with Crippen molar-refractivity contribution in [2.45, 2.75) is 17.9 Å². The molecule has 18 heavy (non-hydrogen) atoms. The van der Waals surface area contributed by atoms with E-state index < -0.39 is 10.0 Å². The van der Waals surface area contributed by atoms with E-state index in [4.69, 9.17) is 5.73 Å². The van der Waals surface area contributed by atoms with E-state index in [-0.39, 0.29) is 22.4 Å². The van der Waals surface area contributed by atoms with Crippen LogP contribution in [0.15, 0.2) is 23.1 Å². The highest BCUT2D eigenvalue weighted by Crippen LogP contribution is 2.28. The molecule has 0 spiro atoms. The maximum Gasteiger partial charge on any atom is 0.243 e. The van der Waals surface area contributed by atoms with Gasteiger partial charge in [0.05, 0.1) is 10.6 Å². The zero-order valence-electron chi connectivity index (χ0n) is 10.0. The van der Waals surface area contributed by atoms with Crippen LogP contribution in [0.5, 0.6) is 5.75 Å². The molecule has 0 radical (unpaired) electrons. The fourth-order valence-electron chi connectivity index (χ4n) is 1.90. The Labute approximate surface area is 111 Å². The van der Waals surface area contributed by atoms with Gasteiger partial charge in [0.2, 0.25) is 10.0 Å². The van der Waals surface area contributed by atoms with Crippen LogP contribution in [0.2, 0.25) is 0 Å². The topological polar surface area (TPSA) is 83.6 Å². The van der Waals surface area contributed by atoms with Gasteiger partial charge >= 0.3 is 0 Å². The van der Waals surface area contributed by atoms with E-state index in [1.807, 2.05) is 6.92 Å². The smallest absolute Gasteiger partial charge is 0.243 e. The minimum atomic E-state index is -3.52. The predicted octanol–water partition coefficient (Wildman–Crippen LogP) is 1.10. The van der Waals surface area contributed by atoms with Crippen LogP contribution in [0, 0.1) is 0 Å². The van der Waals surface area contributed by atoms with Crippen LogP contribution in [-0.2, 0) is 10.0 Å². The highest BCUT2D eigenvalue weighted by atomic mass is 32.2. The van der Waals surface area contributed by atoms with Crippen LogP contribution in [0.4, 0.5) is 5.69 Å². The molecule has 0 bridgehead atoms. The van der Waals surface area contributed by atoms with Crippen molar-refractivity contribution in [1.29, 1.82) is 0 Å². The summed E-state index contributed by atoms with van der Waals surface area (Å²) in [5.41, 5.74) is 5.62. The lowest BCUT2D eigenvalue weighted by molar-refractivity contribution is 0.367. The first-order chi connectivity index (χ1) is 8.43. The van der Waals surface area contributed by atoms with Crippen LogP contribution < -0.4 is 5.73 Å². The number of hydrogen-bond acceptors (Lipinski definition) is 5. The summed E-state index contributed by atoms with van der Waals surface area (Å²) < 4.78 is 26.4. The van der Waals surface area contributed by atoms with Crippen molar-refractivity contribution in [2.24, 2.45) is 0 Å². The summed E-state index contributed by atoms with van der Waals surface area (Å²) in [6.45, 7) is 2.41. The van der Waals surface area contributed by atoms with E-state index in [1.165, 1.54) is 22.5 Å². The molecule has 1 aliphatic heterocycles. The number of rotatable bonds is 2. The molecular formula is C11H16N2O3S2. The van der Waals surface area contributed by atoms with Crippen molar-refractivity contribution >= 4 is 27.5 Å². The first kappa shape index (κ1) is 13.5. The third kappa shape index (κ3) is 2.43. The first-order valence-electron chi connectivity index (χ1n) is 5.61. The van der Waals surface area contributed by atoms with Crippen LogP contribution in [0.1, 0.15) is 6.92 Å². The maximum absolute atomic E-state index is 12.4. The van der Waals surface area contributed by atoms with Gasteiger partial charge in [-0.15, -0.1) is 0 Å². The Morgan fingerprint density at radius 2 is 2.22 bits per heavy atom. The lowest BCUT2D eigenvalue weighted by Crippen LogP contribution is -2.44. The molecule has 0 saturated carbocycles. The Balaban J connectivity index is 2.37. The summed E-state index contributed by atoms with van der Waals surface area (Å²) in [5.74, 6) is 1.50. The number of thioether (sulfide) groups is 1. The minimum absolute atomic E-state index is 0.0243. The zero-order chi connectivity index (χ0) is 13.3. The van der Waals surface area contributed by atoms with Crippen molar-refractivity contribution in [1.82, 2.24) is 4.31 Å². The second kappa shape index (κ2) is 4.99. The number of sulfonamides is 1. The van der Waals surface area contributed by atoms with Gasteiger partial charge in [0.25, 0.3) is 0 Å². The fraction of sp³-hybridized carbons (Fsp3) is 0.455. The van der Waals surface area contributed by atoms with Crippen molar-refractivity contribution in [3.8, 4) is 5.75 Å². The Morgan fingerprint density at radius 1 is 1.50 bits per heavy atom. The van der Waals surface area contributed by atoms with Gasteiger partial charge in [-0.25, -0.2) is 8.42 Å². The maximum atomic E-state index is 12.4. The molecule has 7 heteroatoms. The van der Waals surface area contributed by atoms with Crippen LogP contribution in [-0.4, -0.2) is 41.9 Å². The molecule has 0 aromatic heterocycles. The van der Waals surface area contributed by atoms with Crippen molar-refractivity contribution < 1.29 is 13.5 Å². The molecule has 2 rings (SSSR count). The summed E-state index contributed by atoms with van der Waals surface area (Å²) in [5, 5.41) is 9.34. The molecule has 1 saturated heterocycles. The third-order valence-electron chi connectivity index (χ3n) is 2.91. The summed E-state index contributed by atoms with van der Waals surface area (Å²) in [6.07, 6.45) is 0. The van der Waals surface area contributed by atoms with E-state index in [0.717, 1.165) is 11.5 Å². The Morgan fingerprint density at radius 3 is 2.83 bits per heavy atom. The van der Waals surface area contributed by atoms with E-state index in [0.29, 0.717) is 6.54 Å². The summed E-state index contributed by atoms with van der Waals surface area (Å²) in [7, 11) is -3.52. The lowest BCUT2D eigenvalue weighted by atomic mass is 10.3. The molecule has 100 valence electrons. The lowest BCUT2D eigenvalue weighted by Gasteiger charge is -2.32. The predicted molar refractivity (Wildman–Crippen MR) is 73.2 cm³/mol. The number of nitrogens with zero attached hydrogens (tertiary/aromatic N) is 1. The van der Waals surface area contributed by atoms with E-state index in [9.17, 15) is 13.5 Å². The molecule has 1 aliphatic rings. The van der Waals surface area contributed by atoms with Gasteiger partial charge in [0.15, 0.2) is 0 Å². The average Bonchev–Trinajstić information content (AvgIpc) is 2.33. The van der Waals surface area contributed by atoms with Crippen molar-refractivity contribution in [2.75, 3.05) is 23.8 Å². The molecule has 1 heterocycles. The van der Waals surface area contributed by atoms with E-state index in [1.54, 1.807) is 11.8 Å². The van der Waals surface area contributed by atoms with E-state index >= 15 is 0 Å². The number of nitrogens with two attached hydrogens (primary N) is 1. The largest absolute Gasteiger partial charge is 0.506 e. The Kier molecular flexibility index (Phi) is 3.74. The molecule has 3 N–H and O–H groups in total.